The summed E-state index contributed by atoms with van der Waals surface area (Å²) in [6.45, 7) is 3.35. The van der Waals surface area contributed by atoms with Crippen molar-refractivity contribution in [3.63, 3.8) is 0 Å². The molecule has 0 spiro atoms. The van der Waals surface area contributed by atoms with E-state index in [-0.39, 0.29) is 6.54 Å². The predicted molar refractivity (Wildman–Crippen MR) is 89.4 cm³/mol. The molecule has 0 amide bonds. The van der Waals surface area contributed by atoms with Crippen LogP contribution in [-0.4, -0.2) is 43.7 Å². The first-order valence-electron chi connectivity index (χ1n) is 7.66. The van der Waals surface area contributed by atoms with Crippen molar-refractivity contribution in [2.24, 2.45) is 0 Å². The Hall–Kier alpha value is -3.16. The van der Waals surface area contributed by atoms with Crippen LogP contribution in [0.25, 0.3) is 10.9 Å². The van der Waals surface area contributed by atoms with Crippen LogP contribution < -0.4 is 0 Å². The van der Waals surface area contributed by atoms with E-state index in [1.807, 2.05) is 24.3 Å². The molecule has 0 atom stereocenters. The molecule has 0 saturated carbocycles. The summed E-state index contributed by atoms with van der Waals surface area (Å²) in [4.78, 5) is 23.4. The second-order valence-corrected chi connectivity index (χ2v) is 6.18. The molecule has 8 heteroatoms. The molecule has 25 heavy (non-hydrogen) atoms. The normalized spacial score (nSPS) is 11.6. The molecule has 0 unspecified atom stereocenters. The minimum atomic E-state index is -1.21. The minimum absolute atomic E-state index is 0.271. The van der Waals surface area contributed by atoms with Crippen molar-refractivity contribution in [3.05, 3.63) is 47.9 Å². The molecule has 8 nitrogen and oxygen atoms in total. The van der Waals surface area contributed by atoms with Crippen molar-refractivity contribution in [2.75, 3.05) is 7.11 Å². The van der Waals surface area contributed by atoms with Crippen LogP contribution in [0.5, 0.6) is 0 Å². The van der Waals surface area contributed by atoms with Gasteiger partial charge in [-0.3, -0.25) is 0 Å². The van der Waals surface area contributed by atoms with Gasteiger partial charge in [-0.2, -0.15) is 0 Å². The van der Waals surface area contributed by atoms with Crippen LogP contribution in [0, 0.1) is 0 Å². The van der Waals surface area contributed by atoms with Gasteiger partial charge in [-0.25, -0.2) is 14.3 Å². The molecule has 0 bridgehead atoms. The fourth-order valence-electron chi connectivity index (χ4n) is 2.56. The fourth-order valence-corrected chi connectivity index (χ4v) is 2.56. The van der Waals surface area contributed by atoms with E-state index in [1.165, 1.54) is 11.8 Å². The van der Waals surface area contributed by atoms with E-state index < -0.39 is 17.5 Å². The molecule has 0 saturated heterocycles. The van der Waals surface area contributed by atoms with E-state index in [1.54, 1.807) is 30.7 Å². The number of fused-ring (bicyclic) bond motifs is 1. The second kappa shape index (κ2) is 6.04. The van der Waals surface area contributed by atoms with Crippen LogP contribution >= 0.6 is 0 Å². The molecule has 0 aliphatic rings. The van der Waals surface area contributed by atoms with Crippen LogP contribution in [0.15, 0.2) is 36.5 Å². The van der Waals surface area contributed by atoms with E-state index in [9.17, 15) is 14.7 Å². The summed E-state index contributed by atoms with van der Waals surface area (Å²) in [7, 11) is 1.33. The number of aliphatic carboxylic acids is 1. The molecule has 0 radical (unpaired) electrons. The summed E-state index contributed by atoms with van der Waals surface area (Å²) in [6, 6.07) is 9.33. The first-order chi connectivity index (χ1) is 11.8. The molecule has 0 aliphatic carbocycles. The number of para-hydroxylation sites is 1. The molecule has 1 N–H and O–H groups in total. The topological polar surface area (TPSA) is 99.2 Å². The Morgan fingerprint density at radius 2 is 2.00 bits per heavy atom. The van der Waals surface area contributed by atoms with Gasteiger partial charge in [-0.15, -0.1) is 5.10 Å². The third kappa shape index (κ3) is 2.86. The number of esters is 1. The zero-order valence-electron chi connectivity index (χ0n) is 14.1. The van der Waals surface area contributed by atoms with Crippen molar-refractivity contribution in [3.8, 4) is 0 Å². The maximum atomic E-state index is 12.1. The van der Waals surface area contributed by atoms with Gasteiger partial charge in [0.15, 0.2) is 5.54 Å². The van der Waals surface area contributed by atoms with Gasteiger partial charge < -0.3 is 14.4 Å². The van der Waals surface area contributed by atoms with Crippen molar-refractivity contribution < 1.29 is 19.4 Å². The molecule has 3 aromatic rings. The maximum absolute atomic E-state index is 12.1. The zero-order valence-corrected chi connectivity index (χ0v) is 14.1. The van der Waals surface area contributed by atoms with Gasteiger partial charge in [0.05, 0.1) is 19.9 Å². The lowest BCUT2D eigenvalue weighted by molar-refractivity contribution is -0.146. The molecule has 1 aromatic carbocycles. The second-order valence-electron chi connectivity index (χ2n) is 6.18. The first kappa shape index (κ1) is 16.7. The van der Waals surface area contributed by atoms with Crippen molar-refractivity contribution >= 4 is 22.8 Å². The molecular formula is C17H18N4O4. The summed E-state index contributed by atoms with van der Waals surface area (Å²) < 4.78 is 7.94. The predicted octanol–water partition coefficient (Wildman–Crippen LogP) is 1.89. The molecule has 0 aliphatic heterocycles. The molecule has 2 aromatic heterocycles. The molecule has 0 fully saturated rings. The number of carbonyl (C=O) groups excluding carboxylic acids is 1. The number of methoxy groups -OCH3 is 1. The summed E-state index contributed by atoms with van der Waals surface area (Å²) in [5.74, 6) is -1.46. The van der Waals surface area contributed by atoms with E-state index in [4.69, 9.17) is 4.74 Å². The Kier molecular flexibility index (Phi) is 4.03. The smallest absolute Gasteiger partial charge is 0.354 e. The van der Waals surface area contributed by atoms with E-state index in [0.717, 1.165) is 10.9 Å². The Labute approximate surface area is 143 Å². The van der Waals surface area contributed by atoms with Gasteiger partial charge >= 0.3 is 11.9 Å². The van der Waals surface area contributed by atoms with Gasteiger partial charge in [0.2, 0.25) is 0 Å². The monoisotopic (exact) mass is 342 g/mol. The number of carboxylic acids is 1. The zero-order chi connectivity index (χ0) is 18.2. The third-order valence-electron chi connectivity index (χ3n) is 4.16. The van der Waals surface area contributed by atoms with Crippen LogP contribution in [-0.2, 0) is 21.6 Å². The summed E-state index contributed by atoms with van der Waals surface area (Å²) in [6.07, 6.45) is 1.57. The van der Waals surface area contributed by atoms with E-state index in [2.05, 4.69) is 10.3 Å². The van der Waals surface area contributed by atoms with Crippen molar-refractivity contribution in [1.82, 2.24) is 19.6 Å². The Bertz CT molecular complexity index is 955. The fraction of sp³-hybridized carbons (Fsp3) is 0.294. The van der Waals surface area contributed by atoms with E-state index in [0.29, 0.717) is 11.4 Å². The average molecular weight is 342 g/mol. The largest absolute Gasteiger partial charge is 0.479 e. The molecule has 130 valence electrons. The van der Waals surface area contributed by atoms with Crippen LogP contribution in [0.1, 0.15) is 30.0 Å². The summed E-state index contributed by atoms with van der Waals surface area (Å²) >= 11 is 0. The highest BCUT2D eigenvalue weighted by Gasteiger charge is 2.31. The van der Waals surface area contributed by atoms with Crippen LogP contribution in [0.3, 0.4) is 0 Å². The number of ether oxygens (including phenoxy) is 1. The number of hydrogen-bond acceptors (Lipinski definition) is 5. The number of rotatable bonds is 5. The van der Waals surface area contributed by atoms with Crippen LogP contribution in [0.2, 0.25) is 0 Å². The average Bonchev–Trinajstić information content (AvgIpc) is 3.20. The van der Waals surface area contributed by atoms with Gasteiger partial charge in [0, 0.05) is 10.9 Å². The van der Waals surface area contributed by atoms with Crippen LogP contribution in [0.4, 0.5) is 0 Å². The van der Waals surface area contributed by atoms with Gasteiger partial charge in [0.25, 0.3) is 0 Å². The number of carboxylic acid groups (broad SMARTS) is 1. The summed E-state index contributed by atoms with van der Waals surface area (Å²) in [5, 5.41) is 18.2. The number of carbonyl (C=O) groups is 2. The first-order valence-corrected chi connectivity index (χ1v) is 7.66. The number of hydrogen-bond donors (Lipinski definition) is 1. The highest BCUT2D eigenvalue weighted by atomic mass is 16.5. The third-order valence-corrected chi connectivity index (χ3v) is 4.16. The quantitative estimate of drug-likeness (QED) is 0.711. The number of aromatic nitrogens is 4. The lowest BCUT2D eigenvalue weighted by Gasteiger charge is -2.18. The Morgan fingerprint density at radius 3 is 2.68 bits per heavy atom. The standard InChI is InChI=1S/C17H18N4O4/c1-17(2,16(23)24)21-10-12(18-19-21)9-20-13-7-5-4-6-11(13)8-14(20)15(22)25-3/h4-8,10H,9H2,1-3H3,(H,23,24). The van der Waals surface area contributed by atoms with Crippen molar-refractivity contribution in [1.29, 1.82) is 0 Å². The van der Waals surface area contributed by atoms with E-state index >= 15 is 0 Å². The Balaban J connectivity index is 2.02. The lowest BCUT2D eigenvalue weighted by atomic mass is 10.1. The highest BCUT2D eigenvalue weighted by molar-refractivity contribution is 5.95. The molecule has 2 heterocycles. The summed E-state index contributed by atoms with van der Waals surface area (Å²) in [5.41, 5.74) is 0.585. The van der Waals surface area contributed by atoms with Gasteiger partial charge in [-0.1, -0.05) is 23.4 Å². The van der Waals surface area contributed by atoms with Gasteiger partial charge in [-0.05, 0) is 26.0 Å². The number of nitrogens with zero attached hydrogens (tertiary/aromatic N) is 4. The molecular weight excluding hydrogens is 324 g/mol. The van der Waals surface area contributed by atoms with Crippen molar-refractivity contribution in [2.45, 2.75) is 25.9 Å². The lowest BCUT2D eigenvalue weighted by Crippen LogP contribution is -2.36. The van der Waals surface area contributed by atoms with Gasteiger partial charge in [0.1, 0.15) is 11.4 Å². The minimum Gasteiger partial charge on any atom is -0.479 e. The SMILES string of the molecule is COC(=O)c1cc2ccccc2n1Cc1cn(C(C)(C)C(=O)O)nn1. The maximum Gasteiger partial charge on any atom is 0.354 e. The number of benzene rings is 1. The highest BCUT2D eigenvalue weighted by Crippen LogP contribution is 2.22. The Morgan fingerprint density at radius 1 is 1.28 bits per heavy atom. The molecule has 3 rings (SSSR count).